The van der Waals surface area contributed by atoms with Crippen LogP contribution in [0.5, 0.6) is 0 Å². The number of hydrogen-bond acceptors (Lipinski definition) is 4. The number of anilines is 2. The number of carbonyl (C=O) groups excluding carboxylic acids is 1. The van der Waals surface area contributed by atoms with E-state index >= 15 is 0 Å². The zero-order valence-electron chi connectivity index (χ0n) is 9.67. The van der Waals surface area contributed by atoms with Crippen molar-refractivity contribution in [1.29, 1.82) is 0 Å². The van der Waals surface area contributed by atoms with Gasteiger partial charge >= 0.3 is 0 Å². The summed E-state index contributed by atoms with van der Waals surface area (Å²) in [5.41, 5.74) is 6.56. The number of nitrogens with two attached hydrogens (primary N) is 1. The van der Waals surface area contributed by atoms with Gasteiger partial charge in [0.25, 0.3) is 5.91 Å². The maximum Gasteiger partial charge on any atom is 0.259 e. The van der Waals surface area contributed by atoms with Crippen molar-refractivity contribution in [2.24, 2.45) is 0 Å². The molecule has 0 saturated carbocycles. The molecule has 0 spiro atoms. The highest BCUT2D eigenvalue weighted by molar-refractivity contribution is 6.33. The molecular formula is C12H11ClN4O. The van der Waals surface area contributed by atoms with Crippen LogP contribution in [0, 0.1) is 0 Å². The smallest absolute Gasteiger partial charge is 0.259 e. The summed E-state index contributed by atoms with van der Waals surface area (Å²) >= 11 is 5.84. The Bertz CT molecular complexity index is 574. The lowest BCUT2D eigenvalue weighted by molar-refractivity contribution is 0.0992. The lowest BCUT2D eigenvalue weighted by atomic mass is 10.2. The van der Waals surface area contributed by atoms with E-state index in [0.29, 0.717) is 11.3 Å². The second-order valence-corrected chi connectivity index (χ2v) is 4.07. The van der Waals surface area contributed by atoms with Gasteiger partial charge in [0.1, 0.15) is 5.82 Å². The van der Waals surface area contributed by atoms with Crippen LogP contribution in [0.15, 0.2) is 36.8 Å². The van der Waals surface area contributed by atoms with Crippen molar-refractivity contribution in [2.45, 2.75) is 0 Å². The highest BCUT2D eigenvalue weighted by Gasteiger charge is 2.15. The molecule has 2 heterocycles. The SMILES string of the molecule is CN(C(=O)c1cnc(N)c(Cl)c1)c1cccnc1. The predicted octanol–water partition coefficient (Wildman–Crippen LogP) is 1.99. The highest BCUT2D eigenvalue weighted by Crippen LogP contribution is 2.19. The van der Waals surface area contributed by atoms with Gasteiger partial charge in [0.2, 0.25) is 0 Å². The second-order valence-electron chi connectivity index (χ2n) is 3.67. The first kappa shape index (κ1) is 12.3. The van der Waals surface area contributed by atoms with E-state index in [9.17, 15) is 4.79 Å². The number of hydrogen-bond donors (Lipinski definition) is 1. The Morgan fingerprint density at radius 1 is 1.44 bits per heavy atom. The molecule has 0 radical (unpaired) electrons. The van der Waals surface area contributed by atoms with Crippen LogP contribution in [-0.4, -0.2) is 22.9 Å². The molecule has 2 N–H and O–H groups in total. The number of carbonyl (C=O) groups is 1. The number of halogens is 1. The van der Waals surface area contributed by atoms with Crippen molar-refractivity contribution in [2.75, 3.05) is 17.7 Å². The number of aromatic nitrogens is 2. The average Bonchev–Trinajstić information content (AvgIpc) is 2.41. The molecule has 0 atom stereocenters. The molecule has 0 aliphatic rings. The normalized spacial score (nSPS) is 10.1. The van der Waals surface area contributed by atoms with E-state index in [1.165, 1.54) is 17.2 Å². The summed E-state index contributed by atoms with van der Waals surface area (Å²) in [6.07, 6.45) is 4.64. The molecule has 0 aliphatic heterocycles. The highest BCUT2D eigenvalue weighted by atomic mass is 35.5. The van der Waals surface area contributed by atoms with Crippen LogP contribution in [0.3, 0.4) is 0 Å². The number of pyridine rings is 2. The molecule has 0 aliphatic carbocycles. The van der Waals surface area contributed by atoms with Gasteiger partial charge in [-0.25, -0.2) is 4.98 Å². The fraction of sp³-hybridized carbons (Fsp3) is 0.0833. The molecule has 5 nitrogen and oxygen atoms in total. The quantitative estimate of drug-likeness (QED) is 0.898. The van der Waals surface area contributed by atoms with Gasteiger partial charge in [0, 0.05) is 19.4 Å². The summed E-state index contributed by atoms with van der Waals surface area (Å²) in [5.74, 6) is -0.0188. The van der Waals surface area contributed by atoms with Gasteiger partial charge in [0.05, 0.1) is 22.5 Å². The monoisotopic (exact) mass is 262 g/mol. The summed E-state index contributed by atoms with van der Waals surface area (Å²) in [6.45, 7) is 0. The maximum atomic E-state index is 12.2. The number of nitrogens with zero attached hydrogens (tertiary/aromatic N) is 3. The van der Waals surface area contributed by atoms with E-state index in [4.69, 9.17) is 17.3 Å². The largest absolute Gasteiger partial charge is 0.382 e. The van der Waals surface area contributed by atoms with Crippen molar-refractivity contribution in [3.63, 3.8) is 0 Å². The standard InChI is InChI=1S/C12H11ClN4O/c1-17(9-3-2-4-15-7-9)12(18)8-5-10(13)11(14)16-6-8/h2-7H,1H3,(H2,14,16). The van der Waals surface area contributed by atoms with Crippen molar-refractivity contribution in [3.8, 4) is 0 Å². The molecule has 0 bridgehead atoms. The lowest BCUT2D eigenvalue weighted by Crippen LogP contribution is -2.26. The molecule has 1 amide bonds. The van der Waals surface area contributed by atoms with Crippen LogP contribution >= 0.6 is 11.6 Å². The molecule has 92 valence electrons. The molecule has 2 aromatic rings. The zero-order valence-corrected chi connectivity index (χ0v) is 10.4. The maximum absolute atomic E-state index is 12.2. The Labute approximate surface area is 109 Å². The molecule has 18 heavy (non-hydrogen) atoms. The summed E-state index contributed by atoms with van der Waals surface area (Å²) in [6, 6.07) is 5.05. The minimum atomic E-state index is -0.225. The van der Waals surface area contributed by atoms with Gasteiger partial charge in [-0.1, -0.05) is 11.6 Å². The van der Waals surface area contributed by atoms with Gasteiger partial charge in [0.15, 0.2) is 0 Å². The summed E-state index contributed by atoms with van der Waals surface area (Å²) in [4.78, 5) is 21.5. The Hall–Kier alpha value is -2.14. The third-order valence-electron chi connectivity index (χ3n) is 2.45. The van der Waals surface area contributed by atoms with Crippen molar-refractivity contribution in [3.05, 3.63) is 47.4 Å². The van der Waals surface area contributed by atoms with Gasteiger partial charge in [-0.2, -0.15) is 0 Å². The minimum Gasteiger partial charge on any atom is -0.382 e. The first-order valence-electron chi connectivity index (χ1n) is 5.18. The third-order valence-corrected chi connectivity index (χ3v) is 2.76. The van der Waals surface area contributed by atoms with Crippen LogP contribution in [-0.2, 0) is 0 Å². The van der Waals surface area contributed by atoms with Crippen LogP contribution in [0.4, 0.5) is 11.5 Å². The topological polar surface area (TPSA) is 72.1 Å². The van der Waals surface area contributed by atoms with Crippen LogP contribution in [0.1, 0.15) is 10.4 Å². The van der Waals surface area contributed by atoms with Crippen molar-refractivity contribution < 1.29 is 4.79 Å². The number of nitrogen functional groups attached to an aromatic ring is 1. The van der Waals surface area contributed by atoms with Gasteiger partial charge in [-0.3, -0.25) is 9.78 Å². The van der Waals surface area contributed by atoms with E-state index in [1.807, 2.05) is 0 Å². The summed E-state index contributed by atoms with van der Waals surface area (Å²) in [5, 5.41) is 0.264. The van der Waals surface area contributed by atoms with Crippen molar-refractivity contribution in [1.82, 2.24) is 9.97 Å². The molecule has 0 fully saturated rings. The Morgan fingerprint density at radius 3 is 2.83 bits per heavy atom. The van der Waals surface area contributed by atoms with E-state index in [-0.39, 0.29) is 16.7 Å². The molecule has 2 aromatic heterocycles. The van der Waals surface area contributed by atoms with E-state index in [0.717, 1.165) is 0 Å². The van der Waals surface area contributed by atoms with Gasteiger partial charge < -0.3 is 10.6 Å². The Morgan fingerprint density at radius 2 is 2.22 bits per heavy atom. The van der Waals surface area contributed by atoms with Crippen LogP contribution < -0.4 is 10.6 Å². The van der Waals surface area contributed by atoms with Crippen LogP contribution in [0.25, 0.3) is 0 Å². The average molecular weight is 263 g/mol. The van der Waals surface area contributed by atoms with Crippen LogP contribution in [0.2, 0.25) is 5.02 Å². The first-order valence-corrected chi connectivity index (χ1v) is 5.56. The van der Waals surface area contributed by atoms with Crippen molar-refractivity contribution >= 4 is 29.0 Å². The number of amides is 1. The lowest BCUT2D eigenvalue weighted by Gasteiger charge is -2.16. The fourth-order valence-corrected chi connectivity index (χ4v) is 1.59. The minimum absolute atomic E-state index is 0.206. The fourth-order valence-electron chi connectivity index (χ4n) is 1.43. The molecule has 0 saturated heterocycles. The second kappa shape index (κ2) is 5.01. The Balaban J connectivity index is 2.29. The van der Waals surface area contributed by atoms with Gasteiger partial charge in [-0.15, -0.1) is 0 Å². The van der Waals surface area contributed by atoms with E-state index in [2.05, 4.69) is 9.97 Å². The third kappa shape index (κ3) is 2.41. The zero-order chi connectivity index (χ0) is 13.1. The van der Waals surface area contributed by atoms with E-state index < -0.39 is 0 Å². The predicted molar refractivity (Wildman–Crippen MR) is 70.6 cm³/mol. The molecule has 2 rings (SSSR count). The van der Waals surface area contributed by atoms with Gasteiger partial charge in [-0.05, 0) is 18.2 Å². The molecule has 0 aromatic carbocycles. The first-order chi connectivity index (χ1) is 8.59. The number of rotatable bonds is 2. The Kier molecular flexibility index (Phi) is 3.43. The summed E-state index contributed by atoms with van der Waals surface area (Å²) < 4.78 is 0. The molecule has 6 heteroatoms. The molecule has 0 unspecified atom stereocenters. The summed E-state index contributed by atoms with van der Waals surface area (Å²) in [7, 11) is 1.66. The molecular weight excluding hydrogens is 252 g/mol. The van der Waals surface area contributed by atoms with E-state index in [1.54, 1.807) is 31.6 Å².